The van der Waals surface area contributed by atoms with E-state index in [0.29, 0.717) is 6.42 Å². The molecule has 0 atom stereocenters. The molecule has 60 valence electrons. The van der Waals surface area contributed by atoms with E-state index in [-0.39, 0.29) is 0 Å². The van der Waals surface area contributed by atoms with Crippen molar-refractivity contribution in [2.45, 2.75) is 19.3 Å². The number of aromatic nitrogens is 3. The molecule has 0 aliphatic carbocycles. The predicted molar refractivity (Wildman–Crippen MR) is 40.0 cm³/mol. The normalized spacial score (nSPS) is 9.91. The highest BCUT2D eigenvalue weighted by Crippen LogP contribution is 1.99. The van der Waals surface area contributed by atoms with Gasteiger partial charge >= 0.3 is 0 Å². The Morgan fingerprint density at radius 2 is 2.55 bits per heavy atom. The number of rotatable bonds is 4. The summed E-state index contributed by atoms with van der Waals surface area (Å²) in [4.78, 5) is 9.98. The topological polar surface area (TPSA) is 47.8 Å². The minimum Gasteiger partial charge on any atom is -0.303 e. The molecule has 0 spiro atoms. The number of unbranched alkanes of at least 4 members (excludes halogenated alkanes) is 1. The van der Waals surface area contributed by atoms with Crippen LogP contribution < -0.4 is 0 Å². The molecule has 1 rings (SSSR count). The van der Waals surface area contributed by atoms with Crippen molar-refractivity contribution in [3.05, 3.63) is 11.9 Å². The van der Waals surface area contributed by atoms with E-state index in [0.717, 1.165) is 24.8 Å². The number of hydrogen-bond donors (Lipinski definition) is 0. The largest absolute Gasteiger partial charge is 0.303 e. The number of nitrogens with zero attached hydrogens (tertiary/aromatic N) is 3. The molecule has 1 aromatic heterocycles. The zero-order chi connectivity index (χ0) is 8.10. The van der Waals surface area contributed by atoms with Gasteiger partial charge in [-0.15, -0.1) is 5.10 Å². The first-order valence-electron chi connectivity index (χ1n) is 3.62. The number of carbonyl (C=O) groups is 1. The summed E-state index contributed by atoms with van der Waals surface area (Å²) in [5.41, 5.74) is 1.08. The molecule has 0 N–H and O–H groups in total. The lowest BCUT2D eigenvalue weighted by molar-refractivity contribution is -0.107. The third-order valence-corrected chi connectivity index (χ3v) is 1.56. The van der Waals surface area contributed by atoms with E-state index in [1.807, 2.05) is 7.05 Å². The van der Waals surface area contributed by atoms with Crippen LogP contribution in [0, 0.1) is 0 Å². The maximum Gasteiger partial charge on any atom is 0.120 e. The van der Waals surface area contributed by atoms with Crippen molar-refractivity contribution < 1.29 is 4.79 Å². The van der Waals surface area contributed by atoms with Gasteiger partial charge in [0.05, 0.1) is 11.9 Å². The van der Waals surface area contributed by atoms with Crippen LogP contribution in [0.1, 0.15) is 18.5 Å². The summed E-state index contributed by atoms with van der Waals surface area (Å²) in [5, 5.41) is 7.50. The van der Waals surface area contributed by atoms with Crippen molar-refractivity contribution in [1.82, 2.24) is 15.0 Å². The second-order valence-electron chi connectivity index (χ2n) is 2.41. The average molecular weight is 153 g/mol. The Morgan fingerprint density at radius 1 is 1.73 bits per heavy atom. The second kappa shape index (κ2) is 3.85. The predicted octanol–water partition coefficient (Wildman–Crippen LogP) is 0.337. The van der Waals surface area contributed by atoms with Crippen LogP contribution in [0.5, 0.6) is 0 Å². The summed E-state index contributed by atoms with van der Waals surface area (Å²) in [5.74, 6) is 0. The van der Waals surface area contributed by atoms with Gasteiger partial charge in [0.2, 0.25) is 0 Å². The van der Waals surface area contributed by atoms with E-state index in [1.54, 1.807) is 10.9 Å². The lowest BCUT2D eigenvalue weighted by atomic mass is 10.2. The number of carbonyl (C=O) groups excluding carboxylic acids is 1. The molecule has 4 nitrogen and oxygen atoms in total. The number of aldehydes is 1. The molecule has 0 amide bonds. The third kappa shape index (κ3) is 2.14. The van der Waals surface area contributed by atoms with Crippen LogP contribution in [0.25, 0.3) is 0 Å². The van der Waals surface area contributed by atoms with Gasteiger partial charge in [0.15, 0.2) is 0 Å². The smallest absolute Gasteiger partial charge is 0.120 e. The standard InChI is InChI=1S/C7H11N3O/c1-10-7(6-8-9-10)4-2-3-5-11/h5-6H,2-4H2,1H3. The maximum atomic E-state index is 9.98. The fourth-order valence-electron chi connectivity index (χ4n) is 0.904. The van der Waals surface area contributed by atoms with Crippen LogP contribution in [0.4, 0.5) is 0 Å². The van der Waals surface area contributed by atoms with Gasteiger partial charge < -0.3 is 4.79 Å². The molecule has 0 unspecified atom stereocenters. The van der Waals surface area contributed by atoms with E-state index < -0.39 is 0 Å². The fourth-order valence-corrected chi connectivity index (χ4v) is 0.904. The van der Waals surface area contributed by atoms with Crippen LogP contribution >= 0.6 is 0 Å². The van der Waals surface area contributed by atoms with Crippen LogP contribution in [-0.2, 0) is 18.3 Å². The van der Waals surface area contributed by atoms with Crippen molar-refractivity contribution in [3.63, 3.8) is 0 Å². The molecular formula is C7H11N3O. The summed E-state index contributed by atoms with van der Waals surface area (Å²) in [6.07, 6.45) is 5.03. The van der Waals surface area contributed by atoms with E-state index in [1.165, 1.54) is 0 Å². The minimum atomic E-state index is 0.616. The molecule has 4 heteroatoms. The van der Waals surface area contributed by atoms with E-state index in [2.05, 4.69) is 10.3 Å². The maximum absolute atomic E-state index is 9.98. The highest BCUT2D eigenvalue weighted by molar-refractivity contribution is 5.49. The van der Waals surface area contributed by atoms with Gasteiger partial charge in [-0.1, -0.05) is 5.21 Å². The van der Waals surface area contributed by atoms with Crippen LogP contribution in [0.2, 0.25) is 0 Å². The third-order valence-electron chi connectivity index (χ3n) is 1.56. The molecule has 1 heterocycles. The second-order valence-corrected chi connectivity index (χ2v) is 2.41. The molecule has 0 aromatic carbocycles. The number of hydrogen-bond acceptors (Lipinski definition) is 3. The van der Waals surface area contributed by atoms with Crippen molar-refractivity contribution in [2.75, 3.05) is 0 Å². The zero-order valence-electron chi connectivity index (χ0n) is 6.53. The first kappa shape index (κ1) is 7.91. The summed E-state index contributed by atoms with van der Waals surface area (Å²) in [6, 6.07) is 0. The Labute approximate surface area is 65.2 Å². The van der Waals surface area contributed by atoms with Crippen LogP contribution in [-0.4, -0.2) is 21.3 Å². The SMILES string of the molecule is Cn1nncc1CCCC=O. The summed E-state index contributed by atoms with van der Waals surface area (Å²) < 4.78 is 1.73. The van der Waals surface area contributed by atoms with E-state index in [9.17, 15) is 4.79 Å². The van der Waals surface area contributed by atoms with Gasteiger partial charge in [0.25, 0.3) is 0 Å². The summed E-state index contributed by atoms with van der Waals surface area (Å²) in [7, 11) is 1.85. The highest BCUT2D eigenvalue weighted by Gasteiger charge is 1.97. The molecule has 0 saturated carbocycles. The molecule has 0 bridgehead atoms. The van der Waals surface area contributed by atoms with Gasteiger partial charge in [-0.25, -0.2) is 0 Å². The minimum absolute atomic E-state index is 0.616. The average Bonchev–Trinajstić information content (AvgIpc) is 2.37. The Bertz CT molecular complexity index is 231. The van der Waals surface area contributed by atoms with Crippen molar-refractivity contribution >= 4 is 6.29 Å². The molecule has 0 aliphatic heterocycles. The van der Waals surface area contributed by atoms with Gasteiger partial charge in [-0.2, -0.15) is 0 Å². The van der Waals surface area contributed by atoms with Crippen LogP contribution in [0.15, 0.2) is 6.20 Å². The highest BCUT2D eigenvalue weighted by atomic mass is 16.1. The van der Waals surface area contributed by atoms with Gasteiger partial charge in [-0.05, 0) is 12.8 Å². The van der Waals surface area contributed by atoms with Crippen LogP contribution in [0.3, 0.4) is 0 Å². The lowest BCUT2D eigenvalue weighted by Crippen LogP contribution is -1.98. The fraction of sp³-hybridized carbons (Fsp3) is 0.571. The van der Waals surface area contributed by atoms with Crippen molar-refractivity contribution in [2.24, 2.45) is 7.05 Å². The molecule has 1 aromatic rings. The molecule has 0 saturated heterocycles. The quantitative estimate of drug-likeness (QED) is 0.463. The van der Waals surface area contributed by atoms with Crippen molar-refractivity contribution in [1.29, 1.82) is 0 Å². The Morgan fingerprint density at radius 3 is 3.09 bits per heavy atom. The van der Waals surface area contributed by atoms with Gasteiger partial charge in [-0.3, -0.25) is 4.68 Å². The van der Waals surface area contributed by atoms with Crippen molar-refractivity contribution in [3.8, 4) is 0 Å². The van der Waals surface area contributed by atoms with Gasteiger partial charge in [0.1, 0.15) is 6.29 Å². The monoisotopic (exact) mass is 153 g/mol. The molecular weight excluding hydrogens is 142 g/mol. The Hall–Kier alpha value is -1.19. The first-order chi connectivity index (χ1) is 5.34. The molecule has 0 radical (unpaired) electrons. The number of aryl methyl sites for hydroxylation is 2. The zero-order valence-corrected chi connectivity index (χ0v) is 6.53. The molecule has 11 heavy (non-hydrogen) atoms. The Balaban J connectivity index is 2.38. The summed E-state index contributed by atoms with van der Waals surface area (Å²) >= 11 is 0. The Kier molecular flexibility index (Phi) is 2.77. The van der Waals surface area contributed by atoms with E-state index >= 15 is 0 Å². The van der Waals surface area contributed by atoms with Gasteiger partial charge in [0, 0.05) is 13.5 Å². The molecule has 0 aliphatic rings. The lowest BCUT2D eigenvalue weighted by Gasteiger charge is -1.95. The van der Waals surface area contributed by atoms with E-state index in [4.69, 9.17) is 0 Å². The summed E-state index contributed by atoms with van der Waals surface area (Å²) in [6.45, 7) is 0. The first-order valence-corrected chi connectivity index (χ1v) is 3.62. The molecule has 0 fully saturated rings.